The van der Waals surface area contributed by atoms with Gasteiger partial charge in [0, 0.05) is 30.5 Å². The number of aromatic nitrogens is 1. The Morgan fingerprint density at radius 3 is 2.95 bits per heavy atom. The summed E-state index contributed by atoms with van der Waals surface area (Å²) in [4.78, 5) is 4.42. The minimum atomic E-state index is 0.137. The number of nitrogens with two attached hydrogens (primary N) is 1. The molecule has 5 nitrogen and oxygen atoms in total. The van der Waals surface area contributed by atoms with Gasteiger partial charge in [0.1, 0.15) is 0 Å². The first-order valence-electron chi connectivity index (χ1n) is 6.38. The SMILES string of the molecule is Cc1nc(CCNCc2ccccc2/C(N)=N/O)cs1. The summed E-state index contributed by atoms with van der Waals surface area (Å²) in [5, 5.41) is 18.4. The van der Waals surface area contributed by atoms with Crippen molar-refractivity contribution in [3.05, 3.63) is 51.5 Å². The Labute approximate surface area is 122 Å². The highest BCUT2D eigenvalue weighted by Crippen LogP contribution is 2.09. The van der Waals surface area contributed by atoms with Crippen LogP contribution in [0.2, 0.25) is 0 Å². The van der Waals surface area contributed by atoms with Crippen molar-refractivity contribution in [2.24, 2.45) is 10.9 Å². The predicted molar refractivity (Wildman–Crippen MR) is 81.2 cm³/mol. The largest absolute Gasteiger partial charge is 0.409 e. The lowest BCUT2D eigenvalue weighted by Crippen LogP contribution is -2.21. The van der Waals surface area contributed by atoms with Crippen molar-refractivity contribution in [3.8, 4) is 0 Å². The molecule has 0 bridgehead atoms. The molecule has 106 valence electrons. The van der Waals surface area contributed by atoms with Crippen molar-refractivity contribution in [3.63, 3.8) is 0 Å². The summed E-state index contributed by atoms with van der Waals surface area (Å²) < 4.78 is 0. The topological polar surface area (TPSA) is 83.5 Å². The summed E-state index contributed by atoms with van der Waals surface area (Å²) >= 11 is 1.67. The van der Waals surface area contributed by atoms with Crippen LogP contribution in [-0.4, -0.2) is 22.6 Å². The molecular weight excluding hydrogens is 272 g/mol. The molecule has 0 amide bonds. The number of hydrogen-bond acceptors (Lipinski definition) is 5. The lowest BCUT2D eigenvalue weighted by atomic mass is 10.1. The molecule has 1 heterocycles. The number of oxime groups is 1. The van der Waals surface area contributed by atoms with Crippen LogP contribution in [0.15, 0.2) is 34.8 Å². The third kappa shape index (κ3) is 3.79. The van der Waals surface area contributed by atoms with Crippen LogP contribution >= 0.6 is 11.3 Å². The van der Waals surface area contributed by atoms with E-state index in [1.54, 1.807) is 11.3 Å². The zero-order valence-corrected chi connectivity index (χ0v) is 12.2. The van der Waals surface area contributed by atoms with E-state index in [9.17, 15) is 0 Å². The third-order valence-corrected chi connectivity index (χ3v) is 3.76. The minimum Gasteiger partial charge on any atom is -0.409 e. The van der Waals surface area contributed by atoms with Crippen molar-refractivity contribution >= 4 is 17.2 Å². The van der Waals surface area contributed by atoms with Crippen LogP contribution in [0.25, 0.3) is 0 Å². The van der Waals surface area contributed by atoms with E-state index < -0.39 is 0 Å². The fourth-order valence-electron chi connectivity index (χ4n) is 1.94. The van der Waals surface area contributed by atoms with Gasteiger partial charge in [-0.1, -0.05) is 29.4 Å². The maximum Gasteiger partial charge on any atom is 0.170 e. The van der Waals surface area contributed by atoms with Gasteiger partial charge in [-0.05, 0) is 12.5 Å². The Bertz CT molecular complexity index is 594. The van der Waals surface area contributed by atoms with Gasteiger partial charge in [0.15, 0.2) is 5.84 Å². The Balaban J connectivity index is 1.88. The van der Waals surface area contributed by atoms with E-state index in [-0.39, 0.29) is 5.84 Å². The first kappa shape index (κ1) is 14.5. The van der Waals surface area contributed by atoms with Crippen molar-refractivity contribution in [2.45, 2.75) is 19.9 Å². The van der Waals surface area contributed by atoms with Gasteiger partial charge >= 0.3 is 0 Å². The maximum atomic E-state index is 8.77. The highest BCUT2D eigenvalue weighted by Gasteiger charge is 2.05. The fraction of sp³-hybridized carbons (Fsp3) is 0.286. The minimum absolute atomic E-state index is 0.137. The van der Waals surface area contributed by atoms with E-state index in [0.717, 1.165) is 34.8 Å². The molecule has 0 saturated carbocycles. The van der Waals surface area contributed by atoms with Gasteiger partial charge in [-0.15, -0.1) is 11.3 Å². The van der Waals surface area contributed by atoms with Crippen LogP contribution in [-0.2, 0) is 13.0 Å². The molecule has 0 spiro atoms. The molecule has 1 aromatic carbocycles. The summed E-state index contributed by atoms with van der Waals surface area (Å²) in [5.41, 5.74) is 8.54. The monoisotopic (exact) mass is 290 g/mol. The van der Waals surface area contributed by atoms with Gasteiger partial charge in [0.05, 0.1) is 10.7 Å². The van der Waals surface area contributed by atoms with Crippen LogP contribution in [0.5, 0.6) is 0 Å². The second-order valence-electron chi connectivity index (χ2n) is 4.43. The number of hydrogen-bond donors (Lipinski definition) is 3. The molecule has 1 aromatic heterocycles. The molecule has 0 fully saturated rings. The summed E-state index contributed by atoms with van der Waals surface area (Å²) in [6, 6.07) is 7.62. The van der Waals surface area contributed by atoms with Crippen LogP contribution in [0.3, 0.4) is 0 Å². The lowest BCUT2D eigenvalue weighted by Gasteiger charge is -2.09. The summed E-state index contributed by atoms with van der Waals surface area (Å²) in [6.45, 7) is 3.53. The van der Waals surface area contributed by atoms with Gasteiger partial charge in [-0.3, -0.25) is 0 Å². The highest BCUT2D eigenvalue weighted by atomic mass is 32.1. The lowest BCUT2D eigenvalue weighted by molar-refractivity contribution is 0.318. The standard InChI is InChI=1S/C14H18N4OS/c1-10-17-12(9-20-10)6-7-16-8-11-4-2-3-5-13(11)14(15)18-19/h2-5,9,16,19H,6-8H2,1H3,(H2,15,18). The Morgan fingerprint density at radius 1 is 1.45 bits per heavy atom. The van der Waals surface area contributed by atoms with E-state index in [4.69, 9.17) is 10.9 Å². The first-order valence-corrected chi connectivity index (χ1v) is 7.26. The Hall–Kier alpha value is -1.92. The molecule has 20 heavy (non-hydrogen) atoms. The normalized spacial score (nSPS) is 11.8. The number of nitrogens with zero attached hydrogens (tertiary/aromatic N) is 2. The number of amidine groups is 1. The quantitative estimate of drug-likeness (QED) is 0.249. The van der Waals surface area contributed by atoms with Crippen LogP contribution in [0, 0.1) is 6.92 Å². The molecule has 2 rings (SSSR count). The predicted octanol–water partition coefficient (Wildman–Crippen LogP) is 1.88. The van der Waals surface area contributed by atoms with Crippen LogP contribution in [0.1, 0.15) is 21.8 Å². The second-order valence-corrected chi connectivity index (χ2v) is 5.49. The second kappa shape index (κ2) is 7.02. The smallest absolute Gasteiger partial charge is 0.170 e. The molecule has 0 aliphatic heterocycles. The van der Waals surface area contributed by atoms with E-state index >= 15 is 0 Å². The van der Waals surface area contributed by atoms with E-state index in [1.165, 1.54) is 0 Å². The molecule has 2 aromatic rings. The molecule has 0 aliphatic carbocycles. The Morgan fingerprint density at radius 2 is 2.25 bits per heavy atom. The van der Waals surface area contributed by atoms with Crippen molar-refractivity contribution < 1.29 is 5.21 Å². The molecular formula is C14H18N4OS. The number of aryl methyl sites for hydroxylation is 1. The van der Waals surface area contributed by atoms with Gasteiger partial charge in [-0.2, -0.15) is 0 Å². The zero-order valence-electron chi connectivity index (χ0n) is 11.3. The molecule has 0 radical (unpaired) electrons. The van der Waals surface area contributed by atoms with Crippen molar-refractivity contribution in [1.82, 2.24) is 10.3 Å². The Kier molecular flexibility index (Phi) is 5.09. The van der Waals surface area contributed by atoms with Crippen LogP contribution in [0.4, 0.5) is 0 Å². The molecule has 4 N–H and O–H groups in total. The summed E-state index contributed by atoms with van der Waals surface area (Å²) in [6.07, 6.45) is 0.899. The van der Waals surface area contributed by atoms with Gasteiger partial charge < -0.3 is 16.3 Å². The van der Waals surface area contributed by atoms with E-state index in [0.29, 0.717) is 6.54 Å². The fourth-order valence-corrected chi connectivity index (χ4v) is 2.59. The zero-order chi connectivity index (χ0) is 14.4. The molecule has 0 unspecified atom stereocenters. The average molecular weight is 290 g/mol. The highest BCUT2D eigenvalue weighted by molar-refractivity contribution is 7.09. The third-order valence-electron chi connectivity index (χ3n) is 2.94. The average Bonchev–Trinajstić information content (AvgIpc) is 2.89. The van der Waals surface area contributed by atoms with E-state index in [1.807, 2.05) is 31.2 Å². The van der Waals surface area contributed by atoms with E-state index in [2.05, 4.69) is 20.8 Å². The van der Waals surface area contributed by atoms with Gasteiger partial charge in [0.2, 0.25) is 0 Å². The number of benzene rings is 1. The van der Waals surface area contributed by atoms with Crippen molar-refractivity contribution in [2.75, 3.05) is 6.54 Å². The van der Waals surface area contributed by atoms with Gasteiger partial charge in [-0.25, -0.2) is 4.98 Å². The van der Waals surface area contributed by atoms with Crippen molar-refractivity contribution in [1.29, 1.82) is 0 Å². The first-order chi connectivity index (χ1) is 9.70. The summed E-state index contributed by atoms with van der Waals surface area (Å²) in [7, 11) is 0. The van der Waals surface area contributed by atoms with Gasteiger partial charge in [0.25, 0.3) is 0 Å². The number of nitrogens with one attached hydrogen (secondary N) is 1. The summed E-state index contributed by atoms with van der Waals surface area (Å²) in [5.74, 6) is 0.137. The number of rotatable bonds is 6. The molecule has 0 aliphatic rings. The molecule has 6 heteroatoms. The molecule has 0 atom stereocenters. The molecule has 0 saturated heterocycles. The van der Waals surface area contributed by atoms with Crippen LogP contribution < -0.4 is 11.1 Å². The maximum absolute atomic E-state index is 8.77. The number of thiazole rings is 1.